The highest BCUT2D eigenvalue weighted by molar-refractivity contribution is 5.72. The predicted molar refractivity (Wildman–Crippen MR) is 77.5 cm³/mol. The predicted octanol–water partition coefficient (Wildman–Crippen LogP) is 1.39. The van der Waals surface area contributed by atoms with Crippen molar-refractivity contribution in [1.29, 1.82) is 0 Å². The van der Waals surface area contributed by atoms with Gasteiger partial charge >= 0.3 is 5.97 Å². The Morgan fingerprint density at radius 2 is 1.84 bits per heavy atom. The average Bonchev–Trinajstić information content (AvgIpc) is 2.29. The summed E-state index contributed by atoms with van der Waals surface area (Å²) in [5.74, 6) is -0.281. The summed E-state index contributed by atoms with van der Waals surface area (Å²) in [7, 11) is 4.10. The summed E-state index contributed by atoms with van der Waals surface area (Å²) in [5.41, 5.74) is 0. The first kappa shape index (κ1) is 18.4. The highest BCUT2D eigenvalue weighted by Gasteiger charge is 2.19. The number of carboxylic acid groups (broad SMARTS) is 1. The highest BCUT2D eigenvalue weighted by atomic mass is 16.5. The van der Waals surface area contributed by atoms with Crippen molar-refractivity contribution >= 4 is 5.97 Å². The Hall–Kier alpha value is -0.650. The van der Waals surface area contributed by atoms with Crippen LogP contribution in [0, 0.1) is 5.92 Å². The van der Waals surface area contributed by atoms with E-state index in [1.54, 1.807) is 0 Å². The summed E-state index contributed by atoms with van der Waals surface area (Å²) in [6.07, 6.45) is -0.137. The topological polar surface area (TPSA) is 53.0 Å². The third-order valence-corrected chi connectivity index (χ3v) is 2.84. The maximum Gasteiger partial charge on any atom is 0.332 e. The van der Waals surface area contributed by atoms with Crippen LogP contribution in [0.2, 0.25) is 0 Å². The molecule has 0 aromatic carbocycles. The van der Waals surface area contributed by atoms with Crippen LogP contribution in [0.5, 0.6) is 0 Å². The number of carboxylic acids is 1. The van der Waals surface area contributed by atoms with Gasteiger partial charge in [-0.05, 0) is 33.4 Å². The van der Waals surface area contributed by atoms with Crippen molar-refractivity contribution in [1.82, 2.24) is 9.80 Å². The van der Waals surface area contributed by atoms with Crippen molar-refractivity contribution in [3.8, 4) is 0 Å². The molecule has 0 aromatic rings. The Morgan fingerprint density at radius 3 is 2.26 bits per heavy atom. The molecule has 0 amide bonds. The monoisotopic (exact) mass is 274 g/mol. The molecule has 0 spiro atoms. The zero-order chi connectivity index (χ0) is 14.8. The summed E-state index contributed by atoms with van der Waals surface area (Å²) in [6, 6.07) is 0. The van der Waals surface area contributed by atoms with E-state index in [1.807, 2.05) is 21.0 Å². The van der Waals surface area contributed by atoms with Gasteiger partial charge in [-0.3, -0.25) is 0 Å². The lowest BCUT2D eigenvalue weighted by atomic mass is 10.2. The summed E-state index contributed by atoms with van der Waals surface area (Å²) >= 11 is 0. The molecule has 0 aliphatic carbocycles. The molecule has 1 N–H and O–H groups in total. The van der Waals surface area contributed by atoms with Crippen molar-refractivity contribution in [2.24, 2.45) is 5.92 Å². The number of likely N-dealkylation sites (N-methyl/N-ethyl adjacent to an activating group) is 1. The normalized spacial score (nSPS) is 13.5. The second kappa shape index (κ2) is 10.2. The zero-order valence-corrected chi connectivity index (χ0v) is 13.1. The minimum absolute atomic E-state index is 0.443. The Balaban J connectivity index is 4.24. The highest BCUT2D eigenvalue weighted by Crippen LogP contribution is 2.05. The molecule has 0 radical (unpaired) electrons. The molecule has 0 fully saturated rings. The first-order valence-corrected chi connectivity index (χ1v) is 7.08. The Kier molecular flexibility index (Phi) is 9.83. The molecule has 0 aliphatic rings. The molecule has 0 aliphatic heterocycles. The fourth-order valence-corrected chi connectivity index (χ4v) is 1.93. The number of hydrogen-bond donors (Lipinski definition) is 1. The van der Waals surface area contributed by atoms with Gasteiger partial charge in [0.15, 0.2) is 6.10 Å². The third kappa shape index (κ3) is 9.87. The van der Waals surface area contributed by atoms with E-state index in [4.69, 9.17) is 9.84 Å². The van der Waals surface area contributed by atoms with E-state index in [9.17, 15) is 4.79 Å². The number of nitrogens with zero attached hydrogens (tertiary/aromatic N) is 2. The quantitative estimate of drug-likeness (QED) is 0.617. The fraction of sp³-hybridized carbons (Fsp3) is 0.929. The van der Waals surface area contributed by atoms with Gasteiger partial charge in [0.2, 0.25) is 0 Å². The molecular formula is C14H30N2O3. The van der Waals surface area contributed by atoms with Crippen molar-refractivity contribution in [3.63, 3.8) is 0 Å². The van der Waals surface area contributed by atoms with Crippen LogP contribution in [0.1, 0.15) is 27.2 Å². The van der Waals surface area contributed by atoms with E-state index in [1.165, 1.54) is 0 Å². The van der Waals surface area contributed by atoms with Gasteiger partial charge in [-0.2, -0.15) is 0 Å². The molecule has 1 atom stereocenters. The van der Waals surface area contributed by atoms with Crippen LogP contribution in [-0.4, -0.2) is 73.9 Å². The lowest BCUT2D eigenvalue weighted by molar-refractivity contribution is -0.150. The van der Waals surface area contributed by atoms with Crippen molar-refractivity contribution in [2.75, 3.05) is 46.9 Å². The molecule has 0 bridgehead atoms. The molecule has 5 nitrogen and oxygen atoms in total. The molecule has 19 heavy (non-hydrogen) atoms. The van der Waals surface area contributed by atoms with Crippen LogP contribution < -0.4 is 0 Å². The molecule has 5 heteroatoms. The molecular weight excluding hydrogens is 244 g/mol. The molecule has 0 saturated carbocycles. The first-order chi connectivity index (χ1) is 8.86. The number of rotatable bonds is 11. The SMILES string of the molecule is CCOC(CCN(CCN(C)C)CC(C)C)C(=O)O. The molecule has 0 aromatic heterocycles. The second-order valence-electron chi connectivity index (χ2n) is 5.57. The maximum absolute atomic E-state index is 11.0. The van der Waals surface area contributed by atoms with E-state index in [0.717, 1.165) is 26.2 Å². The number of hydrogen-bond acceptors (Lipinski definition) is 4. The number of carbonyl (C=O) groups is 1. The van der Waals surface area contributed by atoms with Gasteiger partial charge in [0.05, 0.1) is 0 Å². The minimum Gasteiger partial charge on any atom is -0.479 e. The van der Waals surface area contributed by atoms with E-state index >= 15 is 0 Å². The summed E-state index contributed by atoms with van der Waals surface area (Å²) in [4.78, 5) is 15.5. The van der Waals surface area contributed by atoms with Crippen LogP contribution in [0.25, 0.3) is 0 Å². The lowest BCUT2D eigenvalue weighted by Crippen LogP contribution is -2.37. The second-order valence-corrected chi connectivity index (χ2v) is 5.57. The van der Waals surface area contributed by atoms with Gasteiger partial charge in [0.1, 0.15) is 0 Å². The van der Waals surface area contributed by atoms with E-state index in [0.29, 0.717) is 18.9 Å². The first-order valence-electron chi connectivity index (χ1n) is 7.08. The van der Waals surface area contributed by atoms with Gasteiger partial charge in [0, 0.05) is 32.8 Å². The Morgan fingerprint density at radius 1 is 1.21 bits per heavy atom. The number of aliphatic carboxylic acids is 1. The van der Waals surface area contributed by atoms with Crippen LogP contribution >= 0.6 is 0 Å². The van der Waals surface area contributed by atoms with Crippen LogP contribution in [0.3, 0.4) is 0 Å². The van der Waals surface area contributed by atoms with E-state index in [2.05, 4.69) is 23.6 Å². The van der Waals surface area contributed by atoms with E-state index < -0.39 is 12.1 Å². The Labute approximate surface area is 117 Å². The molecule has 0 rings (SSSR count). The summed E-state index contributed by atoms with van der Waals surface area (Å²) in [5, 5.41) is 9.07. The molecule has 114 valence electrons. The van der Waals surface area contributed by atoms with Gasteiger partial charge in [-0.15, -0.1) is 0 Å². The molecule has 0 heterocycles. The van der Waals surface area contributed by atoms with Gasteiger partial charge < -0.3 is 19.6 Å². The largest absolute Gasteiger partial charge is 0.479 e. The van der Waals surface area contributed by atoms with E-state index in [-0.39, 0.29) is 0 Å². The van der Waals surface area contributed by atoms with Crippen molar-refractivity contribution < 1.29 is 14.6 Å². The Bertz CT molecular complexity index is 245. The van der Waals surface area contributed by atoms with Gasteiger partial charge in [-0.25, -0.2) is 4.79 Å². The summed E-state index contributed by atoms with van der Waals surface area (Å²) < 4.78 is 5.25. The van der Waals surface area contributed by atoms with Crippen LogP contribution in [-0.2, 0) is 9.53 Å². The lowest BCUT2D eigenvalue weighted by Gasteiger charge is -2.26. The van der Waals surface area contributed by atoms with Crippen molar-refractivity contribution in [3.05, 3.63) is 0 Å². The summed E-state index contributed by atoms with van der Waals surface area (Å²) in [6.45, 7) is 10.3. The minimum atomic E-state index is -0.862. The zero-order valence-electron chi connectivity index (χ0n) is 13.1. The standard InChI is InChI=1S/C14H30N2O3/c1-6-19-13(14(17)18)7-8-16(11-12(2)3)10-9-15(4)5/h12-13H,6-11H2,1-5H3,(H,17,18). The van der Waals surface area contributed by atoms with Crippen LogP contribution in [0.4, 0.5) is 0 Å². The van der Waals surface area contributed by atoms with Crippen molar-refractivity contribution in [2.45, 2.75) is 33.3 Å². The smallest absolute Gasteiger partial charge is 0.332 e. The maximum atomic E-state index is 11.0. The third-order valence-electron chi connectivity index (χ3n) is 2.84. The molecule has 1 unspecified atom stereocenters. The van der Waals surface area contributed by atoms with Crippen LogP contribution in [0.15, 0.2) is 0 Å². The average molecular weight is 274 g/mol. The molecule has 0 saturated heterocycles. The van der Waals surface area contributed by atoms with Gasteiger partial charge in [0.25, 0.3) is 0 Å². The fourth-order valence-electron chi connectivity index (χ4n) is 1.93. The number of ether oxygens (including phenoxy) is 1. The van der Waals surface area contributed by atoms with Gasteiger partial charge in [-0.1, -0.05) is 13.8 Å².